The Balaban J connectivity index is 4.60. The quantitative estimate of drug-likeness (QED) is 0.0262. The topological polar surface area (TPSA) is 78.9 Å². The number of unbranched alkanes of at least 4 members (excludes halogenated alkanes) is 15. The molecule has 0 saturated carbocycles. The van der Waals surface area contributed by atoms with Gasteiger partial charge in [-0.05, 0) is 128 Å². The molecule has 6 nitrogen and oxygen atoms in total. The summed E-state index contributed by atoms with van der Waals surface area (Å²) in [5.74, 6) is -1.06. The Morgan fingerprint density at radius 1 is 0.304 bits per heavy atom. The van der Waals surface area contributed by atoms with Crippen LogP contribution in [0.3, 0.4) is 0 Å². The number of allylic oxidation sites excluding steroid dienone is 22. The fourth-order valence-corrected chi connectivity index (χ4v) is 6.97. The molecule has 0 heterocycles. The van der Waals surface area contributed by atoms with E-state index in [1.807, 2.05) is 0 Å². The highest BCUT2D eigenvalue weighted by molar-refractivity contribution is 5.71. The van der Waals surface area contributed by atoms with Crippen LogP contribution in [0.4, 0.5) is 0 Å². The molecule has 0 N–H and O–H groups in total. The molecule has 0 aliphatic carbocycles. The average molecular weight is 953 g/mol. The summed E-state index contributed by atoms with van der Waals surface area (Å²) in [6, 6.07) is 0. The molecule has 0 rings (SSSR count). The SMILES string of the molecule is CC/C=C\C/C=C\C/C=C\C/C=C\C/C=C\CCCC(=O)OC[C@@H](COC(=O)CCCCCCCCC/C=C\C/C=C\CCCCC)OC(=O)CCC/C=C\C/C=C\C/C=C\C/C=C\CCCCC. The number of esters is 3. The fraction of sp³-hybridized carbons (Fsp3) is 0.603. The molecule has 69 heavy (non-hydrogen) atoms. The first kappa shape index (κ1) is 64.5. The van der Waals surface area contributed by atoms with Gasteiger partial charge in [0.05, 0.1) is 0 Å². The minimum absolute atomic E-state index is 0.126. The molecule has 0 amide bonds. The van der Waals surface area contributed by atoms with Crippen molar-refractivity contribution in [3.63, 3.8) is 0 Å². The lowest BCUT2D eigenvalue weighted by atomic mass is 10.1. The molecule has 0 aliphatic rings. The van der Waals surface area contributed by atoms with E-state index < -0.39 is 6.10 Å². The summed E-state index contributed by atoms with van der Waals surface area (Å²) in [4.78, 5) is 38.1. The maximum Gasteiger partial charge on any atom is 0.306 e. The van der Waals surface area contributed by atoms with Crippen molar-refractivity contribution >= 4 is 17.9 Å². The second-order valence-electron chi connectivity index (χ2n) is 17.7. The van der Waals surface area contributed by atoms with Crippen LogP contribution < -0.4 is 0 Å². The van der Waals surface area contributed by atoms with Crippen molar-refractivity contribution < 1.29 is 28.6 Å². The molecule has 0 aromatic heterocycles. The van der Waals surface area contributed by atoms with Gasteiger partial charge in [-0.2, -0.15) is 0 Å². The molecular weight excluding hydrogens is 853 g/mol. The largest absolute Gasteiger partial charge is 0.462 e. The van der Waals surface area contributed by atoms with Crippen molar-refractivity contribution in [2.45, 2.75) is 232 Å². The van der Waals surface area contributed by atoms with Crippen molar-refractivity contribution in [2.75, 3.05) is 13.2 Å². The van der Waals surface area contributed by atoms with Crippen molar-refractivity contribution in [3.8, 4) is 0 Å². The van der Waals surface area contributed by atoms with Gasteiger partial charge in [-0.3, -0.25) is 14.4 Å². The van der Waals surface area contributed by atoms with Gasteiger partial charge in [0.1, 0.15) is 13.2 Å². The third-order valence-corrected chi connectivity index (χ3v) is 11.1. The summed E-state index contributed by atoms with van der Waals surface area (Å²) in [5, 5.41) is 0. The van der Waals surface area contributed by atoms with Crippen LogP contribution in [0.2, 0.25) is 0 Å². The van der Waals surface area contributed by atoms with Crippen LogP contribution in [0, 0.1) is 0 Å². The lowest BCUT2D eigenvalue weighted by Crippen LogP contribution is -2.30. The molecular formula is C63H100O6. The van der Waals surface area contributed by atoms with E-state index in [9.17, 15) is 14.4 Å². The van der Waals surface area contributed by atoms with E-state index in [0.29, 0.717) is 19.3 Å². The van der Waals surface area contributed by atoms with Gasteiger partial charge in [0, 0.05) is 19.3 Å². The molecule has 0 spiro atoms. The average Bonchev–Trinajstić information content (AvgIpc) is 3.35. The first-order chi connectivity index (χ1) is 34.0. The predicted molar refractivity (Wildman–Crippen MR) is 297 cm³/mol. The normalized spacial score (nSPS) is 13.1. The second kappa shape index (κ2) is 56.1. The van der Waals surface area contributed by atoms with E-state index >= 15 is 0 Å². The van der Waals surface area contributed by atoms with Gasteiger partial charge < -0.3 is 14.2 Å². The lowest BCUT2D eigenvalue weighted by Gasteiger charge is -2.18. The maximum absolute atomic E-state index is 12.8. The van der Waals surface area contributed by atoms with Crippen molar-refractivity contribution in [1.82, 2.24) is 0 Å². The number of ether oxygens (including phenoxy) is 3. The van der Waals surface area contributed by atoms with E-state index in [2.05, 4.69) is 154 Å². The highest BCUT2D eigenvalue weighted by Gasteiger charge is 2.19. The van der Waals surface area contributed by atoms with Crippen LogP contribution in [-0.2, 0) is 28.6 Å². The zero-order chi connectivity index (χ0) is 50.0. The molecule has 0 aromatic rings. The van der Waals surface area contributed by atoms with Gasteiger partial charge in [-0.25, -0.2) is 0 Å². The molecule has 388 valence electrons. The van der Waals surface area contributed by atoms with E-state index in [-0.39, 0.29) is 44.0 Å². The van der Waals surface area contributed by atoms with Gasteiger partial charge in [-0.15, -0.1) is 0 Å². The first-order valence-corrected chi connectivity index (χ1v) is 27.7. The molecule has 0 radical (unpaired) electrons. The van der Waals surface area contributed by atoms with Crippen molar-refractivity contribution in [1.29, 1.82) is 0 Å². The van der Waals surface area contributed by atoms with Crippen LogP contribution in [0.1, 0.15) is 226 Å². The molecule has 0 aliphatic heterocycles. The third kappa shape index (κ3) is 54.4. The van der Waals surface area contributed by atoms with E-state index in [4.69, 9.17) is 14.2 Å². The van der Waals surface area contributed by atoms with Crippen LogP contribution in [0.25, 0.3) is 0 Å². The smallest absolute Gasteiger partial charge is 0.306 e. The Kier molecular flexibility index (Phi) is 52.5. The van der Waals surface area contributed by atoms with E-state index in [1.165, 1.54) is 77.0 Å². The number of hydrogen-bond donors (Lipinski definition) is 0. The molecule has 0 bridgehead atoms. The molecule has 6 heteroatoms. The second-order valence-corrected chi connectivity index (χ2v) is 17.7. The first-order valence-electron chi connectivity index (χ1n) is 27.7. The fourth-order valence-electron chi connectivity index (χ4n) is 6.97. The monoisotopic (exact) mass is 953 g/mol. The minimum atomic E-state index is -0.838. The zero-order valence-electron chi connectivity index (χ0n) is 44.3. The van der Waals surface area contributed by atoms with Gasteiger partial charge in [0.25, 0.3) is 0 Å². The molecule has 0 unspecified atom stereocenters. The van der Waals surface area contributed by atoms with Crippen molar-refractivity contribution in [2.24, 2.45) is 0 Å². The Morgan fingerprint density at radius 2 is 0.580 bits per heavy atom. The summed E-state index contributed by atoms with van der Waals surface area (Å²) >= 11 is 0. The number of rotatable bonds is 48. The van der Waals surface area contributed by atoms with Gasteiger partial charge in [0.15, 0.2) is 6.10 Å². The number of carbonyl (C=O) groups is 3. The number of hydrogen-bond acceptors (Lipinski definition) is 6. The van der Waals surface area contributed by atoms with Gasteiger partial charge in [0.2, 0.25) is 0 Å². The highest BCUT2D eigenvalue weighted by atomic mass is 16.6. The molecule has 1 atom stereocenters. The Hall–Kier alpha value is -4.45. The Labute approximate surface area is 424 Å². The summed E-state index contributed by atoms with van der Waals surface area (Å²) in [7, 11) is 0. The third-order valence-electron chi connectivity index (χ3n) is 11.1. The minimum Gasteiger partial charge on any atom is -0.462 e. The van der Waals surface area contributed by atoms with Gasteiger partial charge >= 0.3 is 17.9 Å². The maximum atomic E-state index is 12.8. The predicted octanol–water partition coefficient (Wildman–Crippen LogP) is 18.6. The Morgan fingerprint density at radius 3 is 0.942 bits per heavy atom. The van der Waals surface area contributed by atoms with Crippen LogP contribution in [-0.4, -0.2) is 37.2 Å². The van der Waals surface area contributed by atoms with Gasteiger partial charge in [-0.1, -0.05) is 212 Å². The highest BCUT2D eigenvalue weighted by Crippen LogP contribution is 2.12. The molecule has 0 aromatic carbocycles. The lowest BCUT2D eigenvalue weighted by molar-refractivity contribution is -0.167. The van der Waals surface area contributed by atoms with Crippen molar-refractivity contribution in [3.05, 3.63) is 134 Å². The summed E-state index contributed by atoms with van der Waals surface area (Å²) in [6.07, 6.45) is 78.7. The van der Waals surface area contributed by atoms with Crippen LogP contribution >= 0.6 is 0 Å². The molecule has 0 fully saturated rings. The van der Waals surface area contributed by atoms with Crippen LogP contribution in [0.5, 0.6) is 0 Å². The molecule has 0 saturated heterocycles. The van der Waals surface area contributed by atoms with Crippen LogP contribution in [0.15, 0.2) is 134 Å². The summed E-state index contributed by atoms with van der Waals surface area (Å²) in [5.41, 5.74) is 0. The van der Waals surface area contributed by atoms with E-state index in [1.54, 1.807) is 0 Å². The number of carbonyl (C=O) groups excluding carboxylic acids is 3. The Bertz CT molecular complexity index is 1510. The van der Waals surface area contributed by atoms with E-state index in [0.717, 1.165) is 96.3 Å². The standard InChI is InChI=1S/C63H100O6/c1-4-7-10-13-16-19-22-25-28-31-34-37-40-43-46-49-52-55-61(64)67-58-60(69-63(66)57-54-51-48-45-42-39-36-33-30-27-24-21-18-15-12-9-6-3)59-68-62(65)56-53-50-47-44-41-38-35-32-29-26-23-20-17-14-11-8-5-2/h7,10,16-21,25-30,34,36-37,39,43,45-46,48,60H,4-6,8-9,11-15,22-24,31-33,35,38,40-42,44,47,49-59H2,1-3H3/b10-7-,19-16-,20-17-,21-18-,28-25-,29-26-,30-27-,37-34-,39-36-,46-43-,48-45-/t60-/m0/s1. The summed E-state index contributed by atoms with van der Waals surface area (Å²) in [6.45, 7) is 6.36. The zero-order valence-corrected chi connectivity index (χ0v) is 44.3. The summed E-state index contributed by atoms with van der Waals surface area (Å²) < 4.78 is 16.7.